The summed E-state index contributed by atoms with van der Waals surface area (Å²) in [6.07, 6.45) is 0. The quantitative estimate of drug-likeness (QED) is 0.404. The van der Waals surface area contributed by atoms with Gasteiger partial charge < -0.3 is 19.9 Å². The molecule has 4 rings (SSSR count). The summed E-state index contributed by atoms with van der Waals surface area (Å²) in [6, 6.07) is 15.3. The number of hydrogen-bond donors (Lipinski definition) is 3. The normalized spacial score (nSPS) is 10.8. The first kappa shape index (κ1) is 20.9. The Hall–Kier alpha value is -4.39. The van der Waals surface area contributed by atoms with Crippen molar-refractivity contribution in [2.75, 3.05) is 5.32 Å². The molecule has 4 aromatic rings. The van der Waals surface area contributed by atoms with Gasteiger partial charge in [0.15, 0.2) is 5.43 Å². The van der Waals surface area contributed by atoms with Gasteiger partial charge in [0.25, 0.3) is 5.91 Å². The van der Waals surface area contributed by atoms with Gasteiger partial charge in [-0.2, -0.15) is 0 Å². The molecule has 7 heteroatoms. The topological polar surface area (TPSA) is 117 Å². The van der Waals surface area contributed by atoms with E-state index in [4.69, 9.17) is 9.52 Å². The molecule has 0 atom stereocenters. The van der Waals surface area contributed by atoms with Crippen LogP contribution in [0.15, 0.2) is 69.9 Å². The standard InChI is InChI=1S/C25H19NO6/c1-13-9-14(2)23-18(10-13)20(27)12-22(32-23)15-3-5-16(6-4-15)24(29)26-19-8-7-17(25(30)31)11-21(19)28/h3-12,28H,1-2H3,(H,26,29)(H,30,31). The number of rotatable bonds is 4. The first-order valence-corrected chi connectivity index (χ1v) is 9.76. The molecule has 0 saturated heterocycles. The van der Waals surface area contributed by atoms with E-state index in [1.165, 1.54) is 18.2 Å². The highest BCUT2D eigenvalue weighted by Gasteiger charge is 2.13. The molecule has 32 heavy (non-hydrogen) atoms. The summed E-state index contributed by atoms with van der Waals surface area (Å²) in [7, 11) is 0. The summed E-state index contributed by atoms with van der Waals surface area (Å²) in [6.45, 7) is 3.80. The number of carbonyl (C=O) groups is 2. The zero-order valence-corrected chi connectivity index (χ0v) is 17.3. The maximum absolute atomic E-state index is 12.6. The highest BCUT2D eigenvalue weighted by molar-refractivity contribution is 6.05. The molecule has 1 aromatic heterocycles. The van der Waals surface area contributed by atoms with Crippen LogP contribution >= 0.6 is 0 Å². The van der Waals surface area contributed by atoms with Gasteiger partial charge in [-0.1, -0.05) is 18.2 Å². The number of amides is 1. The van der Waals surface area contributed by atoms with Crippen molar-refractivity contribution in [1.82, 2.24) is 0 Å². The predicted octanol–water partition coefficient (Wildman–Crippen LogP) is 4.73. The number of phenolic OH excluding ortho intramolecular Hbond substituents is 1. The Balaban J connectivity index is 1.60. The fourth-order valence-corrected chi connectivity index (χ4v) is 3.50. The number of phenols is 1. The van der Waals surface area contributed by atoms with Crippen LogP contribution < -0.4 is 10.7 Å². The van der Waals surface area contributed by atoms with Gasteiger partial charge in [-0.25, -0.2) is 4.79 Å². The molecule has 1 amide bonds. The lowest BCUT2D eigenvalue weighted by Crippen LogP contribution is -2.12. The van der Waals surface area contributed by atoms with E-state index in [1.54, 1.807) is 30.3 Å². The second-order valence-corrected chi connectivity index (χ2v) is 7.50. The summed E-state index contributed by atoms with van der Waals surface area (Å²) < 4.78 is 5.98. The van der Waals surface area contributed by atoms with Crippen molar-refractivity contribution < 1.29 is 24.2 Å². The fraction of sp³-hybridized carbons (Fsp3) is 0.0800. The monoisotopic (exact) mass is 429 g/mol. The summed E-state index contributed by atoms with van der Waals surface area (Å²) in [5.41, 5.74) is 3.18. The van der Waals surface area contributed by atoms with Gasteiger partial charge in [-0.3, -0.25) is 9.59 Å². The third kappa shape index (κ3) is 3.96. The van der Waals surface area contributed by atoms with Crippen molar-refractivity contribution in [3.8, 4) is 17.1 Å². The molecule has 160 valence electrons. The molecule has 0 fully saturated rings. The maximum atomic E-state index is 12.6. The smallest absolute Gasteiger partial charge is 0.335 e. The second kappa shape index (κ2) is 8.03. The van der Waals surface area contributed by atoms with Gasteiger partial charge in [0, 0.05) is 17.2 Å². The van der Waals surface area contributed by atoms with E-state index >= 15 is 0 Å². The van der Waals surface area contributed by atoms with Gasteiger partial charge in [0.05, 0.1) is 16.6 Å². The number of carboxylic acids is 1. The minimum absolute atomic E-state index is 0.0906. The van der Waals surface area contributed by atoms with E-state index in [-0.39, 0.29) is 22.4 Å². The Morgan fingerprint density at radius 3 is 2.25 bits per heavy atom. The van der Waals surface area contributed by atoms with E-state index in [0.717, 1.165) is 17.2 Å². The summed E-state index contributed by atoms with van der Waals surface area (Å²) in [5, 5.41) is 22.0. The van der Waals surface area contributed by atoms with Gasteiger partial charge in [0.1, 0.15) is 17.1 Å². The lowest BCUT2D eigenvalue weighted by Gasteiger charge is -2.09. The minimum Gasteiger partial charge on any atom is -0.506 e. The number of fused-ring (bicyclic) bond motifs is 1. The average Bonchev–Trinajstić information content (AvgIpc) is 2.75. The number of carbonyl (C=O) groups excluding carboxylic acids is 1. The van der Waals surface area contributed by atoms with Crippen LogP contribution in [-0.2, 0) is 0 Å². The number of hydrogen-bond acceptors (Lipinski definition) is 5. The summed E-state index contributed by atoms with van der Waals surface area (Å²) in [4.78, 5) is 36.1. The Bertz CT molecular complexity index is 1430. The van der Waals surface area contributed by atoms with Crippen LogP contribution in [0.3, 0.4) is 0 Å². The molecular formula is C25H19NO6. The zero-order chi connectivity index (χ0) is 23.0. The molecule has 3 N–H and O–H groups in total. The van der Waals surface area contributed by atoms with Gasteiger partial charge in [-0.15, -0.1) is 0 Å². The van der Waals surface area contributed by atoms with Crippen LogP contribution in [0.2, 0.25) is 0 Å². The third-order valence-electron chi connectivity index (χ3n) is 5.08. The summed E-state index contributed by atoms with van der Waals surface area (Å²) in [5.74, 6) is -1.62. The number of carboxylic acid groups (broad SMARTS) is 1. The first-order chi connectivity index (χ1) is 15.2. The van der Waals surface area contributed by atoms with Crippen molar-refractivity contribution in [2.24, 2.45) is 0 Å². The van der Waals surface area contributed by atoms with Crippen molar-refractivity contribution in [3.63, 3.8) is 0 Å². The lowest BCUT2D eigenvalue weighted by molar-refractivity contribution is 0.0696. The molecule has 0 saturated carbocycles. The second-order valence-electron chi connectivity index (χ2n) is 7.50. The van der Waals surface area contributed by atoms with Crippen molar-refractivity contribution >= 4 is 28.5 Å². The Morgan fingerprint density at radius 2 is 1.59 bits per heavy atom. The summed E-state index contributed by atoms with van der Waals surface area (Å²) >= 11 is 0. The van der Waals surface area contributed by atoms with E-state index in [2.05, 4.69) is 5.32 Å². The number of benzene rings is 3. The molecule has 0 radical (unpaired) electrons. The predicted molar refractivity (Wildman–Crippen MR) is 120 cm³/mol. The Labute approximate surface area is 182 Å². The molecule has 0 aliphatic heterocycles. The molecule has 0 spiro atoms. The van der Waals surface area contributed by atoms with E-state index in [0.29, 0.717) is 27.9 Å². The Morgan fingerprint density at radius 1 is 0.906 bits per heavy atom. The van der Waals surface area contributed by atoms with Gasteiger partial charge in [-0.05, 0) is 61.4 Å². The average molecular weight is 429 g/mol. The molecule has 0 bridgehead atoms. The first-order valence-electron chi connectivity index (χ1n) is 9.76. The Kier molecular flexibility index (Phi) is 5.24. The molecule has 1 heterocycles. The van der Waals surface area contributed by atoms with Crippen LogP contribution in [0.1, 0.15) is 31.8 Å². The number of nitrogens with one attached hydrogen (secondary N) is 1. The molecule has 7 nitrogen and oxygen atoms in total. The largest absolute Gasteiger partial charge is 0.506 e. The van der Waals surface area contributed by atoms with Crippen molar-refractivity contribution in [3.05, 3.63) is 93.1 Å². The number of aryl methyl sites for hydroxylation is 2. The molecular weight excluding hydrogens is 410 g/mol. The lowest BCUT2D eigenvalue weighted by atomic mass is 10.1. The van der Waals surface area contributed by atoms with Crippen LogP contribution in [0.5, 0.6) is 5.75 Å². The van der Waals surface area contributed by atoms with Crippen LogP contribution in [0.25, 0.3) is 22.3 Å². The van der Waals surface area contributed by atoms with Crippen LogP contribution in [0.4, 0.5) is 5.69 Å². The van der Waals surface area contributed by atoms with E-state index < -0.39 is 11.9 Å². The highest BCUT2D eigenvalue weighted by Crippen LogP contribution is 2.27. The zero-order valence-electron chi connectivity index (χ0n) is 17.3. The molecule has 0 unspecified atom stereocenters. The van der Waals surface area contributed by atoms with Gasteiger partial charge in [0.2, 0.25) is 0 Å². The van der Waals surface area contributed by atoms with Crippen LogP contribution in [-0.4, -0.2) is 22.1 Å². The van der Waals surface area contributed by atoms with E-state index in [1.807, 2.05) is 19.9 Å². The fourth-order valence-electron chi connectivity index (χ4n) is 3.50. The number of anilines is 1. The molecule has 0 aliphatic rings. The SMILES string of the molecule is Cc1cc(C)c2oc(-c3ccc(C(=O)Nc4ccc(C(=O)O)cc4O)cc3)cc(=O)c2c1. The minimum atomic E-state index is -1.18. The number of aromatic carboxylic acids is 1. The third-order valence-corrected chi connectivity index (χ3v) is 5.08. The molecule has 0 aliphatic carbocycles. The van der Waals surface area contributed by atoms with Crippen molar-refractivity contribution in [1.29, 1.82) is 0 Å². The van der Waals surface area contributed by atoms with E-state index in [9.17, 15) is 19.5 Å². The highest BCUT2D eigenvalue weighted by atomic mass is 16.4. The number of aromatic hydroxyl groups is 1. The van der Waals surface area contributed by atoms with Gasteiger partial charge >= 0.3 is 5.97 Å². The van der Waals surface area contributed by atoms with Crippen molar-refractivity contribution in [2.45, 2.75) is 13.8 Å². The maximum Gasteiger partial charge on any atom is 0.335 e. The van der Waals surface area contributed by atoms with Crippen LogP contribution in [0, 0.1) is 13.8 Å². The molecule has 3 aromatic carbocycles.